The monoisotopic (exact) mass is 335 g/mol. The summed E-state index contributed by atoms with van der Waals surface area (Å²) in [6.07, 6.45) is 0.191. The fraction of sp³-hybridized carbons (Fsp3) is 0.500. The van der Waals surface area contributed by atoms with Crippen LogP contribution in [0.25, 0.3) is 0 Å². The molecule has 0 aromatic heterocycles. The Labute approximate surface area is 117 Å². The minimum absolute atomic E-state index is 0.191. The van der Waals surface area contributed by atoms with Crippen molar-refractivity contribution >= 4 is 23.5 Å². The van der Waals surface area contributed by atoms with Gasteiger partial charge in [-0.15, -0.1) is 0 Å². The average molecular weight is 336 g/mol. The fourth-order valence-corrected chi connectivity index (χ4v) is 3.62. The van der Waals surface area contributed by atoms with Crippen molar-refractivity contribution in [1.82, 2.24) is 0 Å². The first-order valence-electron chi connectivity index (χ1n) is 5.90. The van der Waals surface area contributed by atoms with E-state index in [1.54, 1.807) is 13.8 Å². The van der Waals surface area contributed by atoms with Gasteiger partial charge in [0, 0.05) is 10.5 Å². The number of nitrogens with two attached hydrogens (primary N) is 1. The molecule has 0 fully saturated rings. The van der Waals surface area contributed by atoms with Crippen molar-refractivity contribution in [2.75, 3.05) is 19.4 Å². The smallest absolute Gasteiger partial charge is 0.323 e. The van der Waals surface area contributed by atoms with Crippen LogP contribution in [-0.4, -0.2) is 19.4 Å². The van der Waals surface area contributed by atoms with Gasteiger partial charge in [0.1, 0.15) is 0 Å². The molecule has 0 aliphatic rings. The quantitative estimate of drug-likeness (QED) is 0.771. The normalized spacial score (nSPS) is 13.6. The molecule has 1 rings (SSSR count). The molecule has 0 saturated heterocycles. The summed E-state index contributed by atoms with van der Waals surface area (Å²) in [6, 6.07) is 7.25. The van der Waals surface area contributed by atoms with E-state index in [1.807, 2.05) is 24.3 Å². The number of hydrogen-bond acceptors (Lipinski definition) is 4. The largest absolute Gasteiger partial charge is 0.332 e. The molecule has 18 heavy (non-hydrogen) atoms. The summed E-state index contributed by atoms with van der Waals surface area (Å²) < 4.78 is 23.8. The second-order valence-electron chi connectivity index (χ2n) is 3.79. The molecule has 6 heteroatoms. The lowest BCUT2D eigenvalue weighted by atomic mass is 10.1. The van der Waals surface area contributed by atoms with Crippen molar-refractivity contribution in [3.05, 3.63) is 34.3 Å². The number of hydrogen-bond donors (Lipinski definition) is 1. The zero-order chi connectivity index (χ0) is 13.6. The Hall–Kier alpha value is -0.190. The van der Waals surface area contributed by atoms with Gasteiger partial charge in [-0.05, 0) is 31.5 Å². The van der Waals surface area contributed by atoms with Crippen LogP contribution in [-0.2, 0) is 13.6 Å². The van der Waals surface area contributed by atoms with Gasteiger partial charge in [-0.2, -0.15) is 0 Å². The van der Waals surface area contributed by atoms with Gasteiger partial charge in [-0.3, -0.25) is 4.57 Å². The molecular formula is C12H19BrNO3P. The molecule has 102 valence electrons. The van der Waals surface area contributed by atoms with Crippen LogP contribution in [0.5, 0.6) is 0 Å². The third kappa shape index (κ3) is 4.82. The standard InChI is InChI=1S/C12H19BrNO3P/c1-3-16-18(15,17-4-2)9-12(14)10-5-7-11(13)8-6-10/h5-8,12H,3-4,9,14H2,1-2H3. The molecule has 1 unspecified atom stereocenters. The van der Waals surface area contributed by atoms with Gasteiger partial charge in [-0.25, -0.2) is 0 Å². The summed E-state index contributed by atoms with van der Waals surface area (Å²) >= 11 is 3.36. The summed E-state index contributed by atoms with van der Waals surface area (Å²) in [4.78, 5) is 0. The predicted molar refractivity (Wildman–Crippen MR) is 76.8 cm³/mol. The molecule has 0 aliphatic heterocycles. The Morgan fingerprint density at radius 1 is 1.22 bits per heavy atom. The Balaban J connectivity index is 2.74. The van der Waals surface area contributed by atoms with Gasteiger partial charge in [0.05, 0.1) is 19.4 Å². The van der Waals surface area contributed by atoms with Crippen molar-refractivity contribution in [1.29, 1.82) is 0 Å². The molecular weight excluding hydrogens is 317 g/mol. The Morgan fingerprint density at radius 3 is 2.17 bits per heavy atom. The first-order valence-corrected chi connectivity index (χ1v) is 8.42. The average Bonchev–Trinajstić information content (AvgIpc) is 2.30. The van der Waals surface area contributed by atoms with E-state index in [-0.39, 0.29) is 12.2 Å². The summed E-state index contributed by atoms with van der Waals surface area (Å²) in [5.74, 6) is 0. The van der Waals surface area contributed by atoms with Crippen molar-refractivity contribution < 1.29 is 13.6 Å². The van der Waals surface area contributed by atoms with Gasteiger partial charge in [0.15, 0.2) is 0 Å². The van der Waals surface area contributed by atoms with E-state index in [0.29, 0.717) is 13.2 Å². The van der Waals surface area contributed by atoms with Gasteiger partial charge < -0.3 is 14.8 Å². The zero-order valence-electron chi connectivity index (χ0n) is 10.6. The van der Waals surface area contributed by atoms with E-state index < -0.39 is 7.60 Å². The van der Waals surface area contributed by atoms with E-state index in [1.165, 1.54) is 0 Å². The van der Waals surface area contributed by atoms with E-state index in [4.69, 9.17) is 14.8 Å². The molecule has 2 N–H and O–H groups in total. The van der Waals surface area contributed by atoms with E-state index in [0.717, 1.165) is 10.0 Å². The second kappa shape index (κ2) is 7.41. The first kappa shape index (κ1) is 15.9. The maximum Gasteiger partial charge on any atom is 0.332 e. The number of rotatable bonds is 7. The van der Waals surface area contributed by atoms with Gasteiger partial charge in [-0.1, -0.05) is 28.1 Å². The highest BCUT2D eigenvalue weighted by atomic mass is 79.9. The van der Waals surface area contributed by atoms with E-state index in [9.17, 15) is 4.57 Å². The van der Waals surface area contributed by atoms with Crippen LogP contribution in [0.3, 0.4) is 0 Å². The topological polar surface area (TPSA) is 61.5 Å². The summed E-state index contributed by atoms with van der Waals surface area (Å²) in [5, 5.41) is 0. The second-order valence-corrected chi connectivity index (χ2v) is 6.81. The number of benzene rings is 1. The Bertz CT molecular complexity index is 400. The number of halogens is 1. The molecule has 0 heterocycles. The lowest BCUT2D eigenvalue weighted by Crippen LogP contribution is -2.17. The maximum atomic E-state index is 12.3. The Kier molecular flexibility index (Phi) is 6.53. The van der Waals surface area contributed by atoms with Crippen LogP contribution < -0.4 is 5.73 Å². The van der Waals surface area contributed by atoms with Gasteiger partial charge >= 0.3 is 7.60 Å². The molecule has 1 aromatic carbocycles. The molecule has 0 saturated carbocycles. The predicted octanol–water partition coefficient (Wildman–Crippen LogP) is 3.72. The van der Waals surface area contributed by atoms with E-state index >= 15 is 0 Å². The van der Waals surface area contributed by atoms with Crippen molar-refractivity contribution in [2.45, 2.75) is 19.9 Å². The minimum Gasteiger partial charge on any atom is -0.323 e. The van der Waals surface area contributed by atoms with Crippen LogP contribution in [0.2, 0.25) is 0 Å². The van der Waals surface area contributed by atoms with Crippen molar-refractivity contribution in [3.8, 4) is 0 Å². The SMILES string of the molecule is CCOP(=O)(CC(N)c1ccc(Br)cc1)OCC. The molecule has 0 spiro atoms. The molecule has 0 aliphatic carbocycles. The summed E-state index contributed by atoms with van der Waals surface area (Å²) in [5.41, 5.74) is 6.96. The maximum absolute atomic E-state index is 12.3. The van der Waals surface area contributed by atoms with Crippen LogP contribution in [0, 0.1) is 0 Å². The Morgan fingerprint density at radius 2 is 1.72 bits per heavy atom. The van der Waals surface area contributed by atoms with Gasteiger partial charge in [0.25, 0.3) is 0 Å². The summed E-state index contributed by atoms with van der Waals surface area (Å²) in [6.45, 7) is 4.28. The highest BCUT2D eigenvalue weighted by Crippen LogP contribution is 2.50. The molecule has 1 aromatic rings. The molecule has 1 atom stereocenters. The molecule has 0 amide bonds. The third-order valence-corrected chi connectivity index (χ3v) is 5.04. The van der Waals surface area contributed by atoms with Crippen LogP contribution in [0.1, 0.15) is 25.5 Å². The van der Waals surface area contributed by atoms with Crippen LogP contribution in [0.4, 0.5) is 0 Å². The fourth-order valence-electron chi connectivity index (χ4n) is 1.59. The van der Waals surface area contributed by atoms with Gasteiger partial charge in [0.2, 0.25) is 0 Å². The van der Waals surface area contributed by atoms with Crippen molar-refractivity contribution in [2.24, 2.45) is 5.73 Å². The zero-order valence-corrected chi connectivity index (χ0v) is 13.1. The van der Waals surface area contributed by atoms with Crippen LogP contribution in [0.15, 0.2) is 28.7 Å². The lowest BCUT2D eigenvalue weighted by Gasteiger charge is -2.20. The lowest BCUT2D eigenvalue weighted by molar-refractivity contribution is 0.218. The summed E-state index contributed by atoms with van der Waals surface area (Å²) in [7, 11) is -3.09. The first-order chi connectivity index (χ1) is 8.50. The van der Waals surface area contributed by atoms with Crippen LogP contribution >= 0.6 is 23.5 Å². The molecule has 0 bridgehead atoms. The van der Waals surface area contributed by atoms with Crippen molar-refractivity contribution in [3.63, 3.8) is 0 Å². The molecule has 0 radical (unpaired) electrons. The molecule has 4 nitrogen and oxygen atoms in total. The highest BCUT2D eigenvalue weighted by molar-refractivity contribution is 9.10. The minimum atomic E-state index is -3.09. The third-order valence-electron chi connectivity index (χ3n) is 2.37. The van der Waals surface area contributed by atoms with E-state index in [2.05, 4.69) is 15.9 Å². The highest BCUT2D eigenvalue weighted by Gasteiger charge is 2.27.